The van der Waals surface area contributed by atoms with Gasteiger partial charge in [0, 0.05) is 18.7 Å². The molecule has 4 nitrogen and oxygen atoms in total. The Bertz CT molecular complexity index is 512. The Morgan fingerprint density at radius 2 is 2.05 bits per heavy atom. The topological polar surface area (TPSA) is 50.4 Å². The lowest BCUT2D eigenvalue weighted by Gasteiger charge is -2.38. The van der Waals surface area contributed by atoms with Crippen LogP contribution in [0.3, 0.4) is 0 Å². The average molecular weight is 302 g/mol. The molecule has 3 rings (SSSR count). The minimum atomic E-state index is -0.0672. The highest BCUT2D eigenvalue weighted by Crippen LogP contribution is 2.37. The largest absolute Gasteiger partial charge is 0.469 e. The monoisotopic (exact) mass is 302 g/mol. The van der Waals surface area contributed by atoms with Crippen molar-refractivity contribution in [2.45, 2.75) is 25.7 Å². The van der Waals surface area contributed by atoms with Gasteiger partial charge in [0.25, 0.3) is 0 Å². The van der Waals surface area contributed by atoms with Crippen molar-refractivity contribution in [3.63, 3.8) is 0 Å². The van der Waals surface area contributed by atoms with Crippen LogP contribution in [0, 0.1) is 17.8 Å². The second-order valence-electron chi connectivity index (χ2n) is 6.53. The highest BCUT2D eigenvalue weighted by molar-refractivity contribution is 5.69. The number of fused-ring (bicyclic) bond motifs is 1. The van der Waals surface area contributed by atoms with Crippen LogP contribution in [-0.2, 0) is 16.0 Å². The fraction of sp³-hybridized carbons (Fsp3) is 0.611. The van der Waals surface area contributed by atoms with E-state index in [1.165, 1.54) is 31.2 Å². The van der Waals surface area contributed by atoms with Gasteiger partial charge in [0.2, 0.25) is 0 Å². The van der Waals surface area contributed by atoms with E-state index in [1.54, 1.807) is 0 Å². The first-order chi connectivity index (χ1) is 10.8. The highest BCUT2D eigenvalue weighted by Gasteiger charge is 2.34. The Morgan fingerprint density at radius 3 is 2.82 bits per heavy atom. The third kappa shape index (κ3) is 3.43. The standard InChI is InChI=1S/C18H26N2O2/c1-22-18(21)11-16(13-6-8-19-9-7-13)15-10-14-4-2-3-5-17(14)20-12-15/h2-5,13,15-16,19-20H,6-12H2,1H3. The van der Waals surface area contributed by atoms with Gasteiger partial charge >= 0.3 is 5.97 Å². The van der Waals surface area contributed by atoms with E-state index in [-0.39, 0.29) is 5.97 Å². The molecule has 4 heteroatoms. The number of carbonyl (C=O) groups excluding carboxylic acids is 1. The Labute approximate surface area is 132 Å². The number of methoxy groups -OCH3 is 1. The molecule has 120 valence electrons. The molecule has 0 aliphatic carbocycles. The summed E-state index contributed by atoms with van der Waals surface area (Å²) in [5.74, 6) is 1.48. The zero-order valence-corrected chi connectivity index (χ0v) is 13.3. The summed E-state index contributed by atoms with van der Waals surface area (Å²) in [6.07, 6.45) is 3.95. The van der Waals surface area contributed by atoms with Gasteiger partial charge in [-0.25, -0.2) is 0 Å². The van der Waals surface area contributed by atoms with Crippen molar-refractivity contribution in [1.29, 1.82) is 0 Å². The summed E-state index contributed by atoms with van der Waals surface area (Å²) in [6.45, 7) is 3.10. The van der Waals surface area contributed by atoms with E-state index in [9.17, 15) is 4.79 Å². The third-order valence-electron chi connectivity index (χ3n) is 5.28. The first kappa shape index (κ1) is 15.3. The van der Waals surface area contributed by atoms with Crippen molar-refractivity contribution in [2.75, 3.05) is 32.1 Å². The van der Waals surface area contributed by atoms with Gasteiger partial charge in [0.1, 0.15) is 0 Å². The zero-order valence-electron chi connectivity index (χ0n) is 13.3. The van der Waals surface area contributed by atoms with E-state index in [1.807, 2.05) is 0 Å². The fourth-order valence-electron chi connectivity index (χ4n) is 4.04. The molecule has 0 bridgehead atoms. The predicted octanol–water partition coefficient (Wildman–Crippen LogP) is 2.45. The summed E-state index contributed by atoms with van der Waals surface area (Å²) in [5, 5.41) is 6.98. The molecule has 0 spiro atoms. The zero-order chi connectivity index (χ0) is 15.4. The number of hydrogen-bond acceptors (Lipinski definition) is 4. The van der Waals surface area contributed by atoms with Gasteiger partial charge in [-0.1, -0.05) is 18.2 Å². The van der Waals surface area contributed by atoms with Crippen molar-refractivity contribution < 1.29 is 9.53 Å². The van der Waals surface area contributed by atoms with Gasteiger partial charge in [-0.3, -0.25) is 4.79 Å². The summed E-state index contributed by atoms with van der Waals surface area (Å²) >= 11 is 0. The number of para-hydroxylation sites is 1. The summed E-state index contributed by atoms with van der Waals surface area (Å²) < 4.78 is 4.96. The maximum absolute atomic E-state index is 11.9. The second-order valence-corrected chi connectivity index (χ2v) is 6.53. The van der Waals surface area contributed by atoms with Crippen LogP contribution in [0.15, 0.2) is 24.3 Å². The normalized spacial score (nSPS) is 23.2. The molecular formula is C18H26N2O2. The summed E-state index contributed by atoms with van der Waals surface area (Å²) in [5.41, 5.74) is 2.63. The van der Waals surface area contributed by atoms with Gasteiger partial charge < -0.3 is 15.4 Å². The molecule has 2 aliphatic heterocycles. The second kappa shape index (κ2) is 7.14. The quantitative estimate of drug-likeness (QED) is 0.839. The molecule has 22 heavy (non-hydrogen) atoms. The number of piperidine rings is 1. The highest BCUT2D eigenvalue weighted by atomic mass is 16.5. The molecule has 2 N–H and O–H groups in total. The molecule has 0 aromatic heterocycles. The smallest absolute Gasteiger partial charge is 0.305 e. The van der Waals surface area contributed by atoms with Crippen molar-refractivity contribution in [3.8, 4) is 0 Å². The molecule has 0 amide bonds. The van der Waals surface area contributed by atoms with E-state index >= 15 is 0 Å². The number of esters is 1. The van der Waals surface area contributed by atoms with Crippen molar-refractivity contribution >= 4 is 11.7 Å². The molecule has 2 unspecified atom stereocenters. The molecule has 1 aromatic rings. The van der Waals surface area contributed by atoms with E-state index < -0.39 is 0 Å². The molecule has 0 saturated carbocycles. The predicted molar refractivity (Wildman–Crippen MR) is 87.8 cm³/mol. The maximum Gasteiger partial charge on any atom is 0.305 e. The number of benzene rings is 1. The van der Waals surface area contributed by atoms with E-state index in [0.717, 1.165) is 26.1 Å². The first-order valence-corrected chi connectivity index (χ1v) is 8.37. The molecule has 2 aliphatic rings. The molecule has 1 fully saturated rings. The molecular weight excluding hydrogens is 276 g/mol. The maximum atomic E-state index is 11.9. The van der Waals surface area contributed by atoms with Crippen molar-refractivity contribution in [2.24, 2.45) is 17.8 Å². The van der Waals surface area contributed by atoms with Crippen LogP contribution in [0.1, 0.15) is 24.8 Å². The first-order valence-electron chi connectivity index (χ1n) is 8.37. The lowest BCUT2D eigenvalue weighted by Crippen LogP contribution is -2.39. The van der Waals surface area contributed by atoms with Crippen LogP contribution in [0.4, 0.5) is 5.69 Å². The van der Waals surface area contributed by atoms with Crippen molar-refractivity contribution in [3.05, 3.63) is 29.8 Å². The van der Waals surface area contributed by atoms with Gasteiger partial charge in [0.05, 0.1) is 7.11 Å². The molecule has 2 heterocycles. The lowest BCUT2D eigenvalue weighted by molar-refractivity contribution is -0.142. The van der Waals surface area contributed by atoms with Crippen LogP contribution < -0.4 is 10.6 Å². The molecule has 1 aromatic carbocycles. The third-order valence-corrected chi connectivity index (χ3v) is 5.28. The lowest BCUT2D eigenvalue weighted by atomic mass is 9.72. The van der Waals surface area contributed by atoms with Crippen LogP contribution in [0.5, 0.6) is 0 Å². The Hall–Kier alpha value is -1.55. The van der Waals surface area contributed by atoms with Crippen LogP contribution in [0.2, 0.25) is 0 Å². The SMILES string of the molecule is COC(=O)CC(C1CCNCC1)C1CNc2ccccc2C1. The Kier molecular flexibility index (Phi) is 4.98. The minimum absolute atomic E-state index is 0.0672. The number of carbonyl (C=O) groups is 1. The van der Waals surface area contributed by atoms with E-state index in [0.29, 0.717) is 24.2 Å². The summed E-state index contributed by atoms with van der Waals surface area (Å²) in [7, 11) is 1.50. The molecule has 2 atom stereocenters. The summed E-state index contributed by atoms with van der Waals surface area (Å²) in [6, 6.07) is 8.52. The van der Waals surface area contributed by atoms with Crippen LogP contribution in [0.25, 0.3) is 0 Å². The molecule has 0 radical (unpaired) electrons. The van der Waals surface area contributed by atoms with Crippen molar-refractivity contribution in [1.82, 2.24) is 5.32 Å². The minimum Gasteiger partial charge on any atom is -0.469 e. The number of nitrogens with one attached hydrogen (secondary N) is 2. The van der Waals surface area contributed by atoms with E-state index in [4.69, 9.17) is 4.74 Å². The number of rotatable bonds is 4. The summed E-state index contributed by atoms with van der Waals surface area (Å²) in [4.78, 5) is 11.9. The Morgan fingerprint density at radius 1 is 1.27 bits per heavy atom. The molecule has 1 saturated heterocycles. The van der Waals surface area contributed by atoms with Gasteiger partial charge in [-0.05, 0) is 61.7 Å². The number of anilines is 1. The average Bonchev–Trinajstić information content (AvgIpc) is 2.59. The fourth-order valence-corrected chi connectivity index (χ4v) is 4.04. The van der Waals surface area contributed by atoms with Gasteiger partial charge in [-0.15, -0.1) is 0 Å². The van der Waals surface area contributed by atoms with Crippen LogP contribution >= 0.6 is 0 Å². The van der Waals surface area contributed by atoms with Crippen LogP contribution in [-0.4, -0.2) is 32.7 Å². The van der Waals surface area contributed by atoms with Gasteiger partial charge in [-0.2, -0.15) is 0 Å². The number of hydrogen-bond donors (Lipinski definition) is 2. The van der Waals surface area contributed by atoms with E-state index in [2.05, 4.69) is 34.9 Å². The Balaban J connectivity index is 1.75. The number of ether oxygens (including phenoxy) is 1. The van der Waals surface area contributed by atoms with Gasteiger partial charge in [0.15, 0.2) is 0 Å².